The summed E-state index contributed by atoms with van der Waals surface area (Å²) in [5.74, 6) is 0. The number of carbonyl (C=O) groups is 3. The number of hydrogen-bond acceptors (Lipinski definition) is 4. The Morgan fingerprint density at radius 2 is 0.632 bits per heavy atom. The van der Waals surface area contributed by atoms with Gasteiger partial charge in [0.1, 0.15) is 0 Å². The third-order valence-electron chi connectivity index (χ3n) is 8.57. The molecule has 0 fully saturated rings. The van der Waals surface area contributed by atoms with Gasteiger partial charge in [-0.3, -0.25) is 14.4 Å². The van der Waals surface area contributed by atoms with Crippen LogP contribution >= 0.6 is 6.04 Å². The van der Waals surface area contributed by atoms with Crippen molar-refractivity contribution in [3.8, 4) is 0 Å². The fourth-order valence-corrected chi connectivity index (χ4v) is 8.94. The van der Waals surface area contributed by atoms with E-state index in [1.54, 1.807) is 0 Å². The molecule has 5 heteroatoms. The quantitative estimate of drug-likeness (QED) is 0.290. The van der Waals surface area contributed by atoms with Gasteiger partial charge >= 0.3 is 0 Å². The lowest BCUT2D eigenvalue weighted by Gasteiger charge is -2.26. The fraction of sp³-hybridized carbons (Fsp3) is 0.364. The topological polar surface area (TPSA) is 51.2 Å². The van der Waals surface area contributed by atoms with Gasteiger partial charge in [-0.2, -0.15) is 0 Å². The van der Waals surface area contributed by atoms with Crippen LogP contribution in [0.1, 0.15) is 97.8 Å². The number of benzene rings is 3. The van der Waals surface area contributed by atoms with Gasteiger partial charge in [-0.05, 0) is 150 Å². The van der Waals surface area contributed by atoms with E-state index in [2.05, 4.69) is 0 Å². The molecule has 3 aromatic rings. The minimum Gasteiger partial charge on any atom is -0.287 e. The molecule has 0 heterocycles. The number of hydrogen-bond donors (Lipinski definition) is 0. The molecule has 3 aromatic carbocycles. The van der Waals surface area contributed by atoms with Crippen molar-refractivity contribution < 1.29 is 14.4 Å². The Labute approximate surface area is 233 Å². The van der Waals surface area contributed by atoms with E-state index in [-0.39, 0.29) is 0 Å². The summed E-state index contributed by atoms with van der Waals surface area (Å²) in [7, 11) is 0. The second-order valence-corrected chi connectivity index (χ2v) is 15.0. The van der Waals surface area contributed by atoms with Crippen LogP contribution in [0.2, 0.25) is 0 Å². The number of carbonyl (C=O) groups excluding carboxylic acids is 3. The maximum Gasteiger partial charge on any atom is 0.209 e. The molecule has 0 atom stereocenters. The van der Waals surface area contributed by atoms with E-state index >= 15 is 0 Å². The van der Waals surface area contributed by atoms with Gasteiger partial charge in [-0.25, -0.2) is 0 Å². The van der Waals surface area contributed by atoms with Gasteiger partial charge in [0.2, 0.25) is 16.6 Å². The molecule has 0 aliphatic rings. The maximum absolute atomic E-state index is 14.7. The van der Waals surface area contributed by atoms with Gasteiger partial charge in [0.05, 0.1) is 0 Å². The standard InChI is InChI=1S/C33H39O3PS/c1-16-13-19(4)28(25(10)22(16)7)31(34)37(38,32(35)29-20(5)14-17(2)23(8)26(29)11)33(36)30-21(6)15-18(3)24(9)27(30)12/h13-15H,1-12H3. The zero-order valence-corrected chi connectivity index (χ0v) is 26.5. The first-order valence-corrected chi connectivity index (χ1v) is 15.8. The van der Waals surface area contributed by atoms with Crippen molar-refractivity contribution >= 4 is 34.4 Å². The fourth-order valence-electron chi connectivity index (χ4n) is 5.59. The summed E-state index contributed by atoms with van der Waals surface area (Å²) >= 11 is 6.16. The van der Waals surface area contributed by atoms with Crippen LogP contribution < -0.4 is 0 Å². The highest BCUT2D eigenvalue weighted by Crippen LogP contribution is 2.57. The summed E-state index contributed by atoms with van der Waals surface area (Å²) in [6.07, 6.45) is 0. The molecular weight excluding hydrogens is 507 g/mol. The van der Waals surface area contributed by atoms with Gasteiger partial charge in [-0.1, -0.05) is 30.0 Å². The minimum absolute atomic E-state index is 0.413. The van der Waals surface area contributed by atoms with Gasteiger partial charge in [0, 0.05) is 16.7 Å². The normalized spacial score (nSPS) is 11.6. The van der Waals surface area contributed by atoms with Crippen molar-refractivity contribution in [2.45, 2.75) is 83.1 Å². The molecule has 0 unspecified atom stereocenters. The molecule has 0 radical (unpaired) electrons. The third-order valence-corrected chi connectivity index (χ3v) is 12.4. The summed E-state index contributed by atoms with van der Waals surface area (Å²) in [5.41, 5.74) is 10.4. The molecule has 3 nitrogen and oxygen atoms in total. The average Bonchev–Trinajstić information content (AvgIpc) is 2.83. The smallest absolute Gasteiger partial charge is 0.209 e. The van der Waals surface area contributed by atoms with Crippen LogP contribution in [-0.2, 0) is 11.8 Å². The van der Waals surface area contributed by atoms with E-state index < -0.39 is 22.6 Å². The Kier molecular flexibility index (Phi) is 8.23. The second kappa shape index (κ2) is 10.5. The highest BCUT2D eigenvalue weighted by molar-refractivity contribution is 8.38. The number of aryl methyl sites for hydroxylation is 6. The lowest BCUT2D eigenvalue weighted by molar-refractivity contribution is 0.102. The molecule has 0 aliphatic carbocycles. The molecule has 3 rings (SSSR count). The Balaban J connectivity index is 2.47. The zero-order valence-electron chi connectivity index (χ0n) is 24.8. The first-order valence-electron chi connectivity index (χ1n) is 12.9. The first-order chi connectivity index (χ1) is 17.5. The van der Waals surface area contributed by atoms with Crippen LogP contribution in [0, 0.1) is 83.1 Å². The van der Waals surface area contributed by atoms with E-state index in [1.807, 2.05) is 101 Å². The van der Waals surface area contributed by atoms with E-state index in [0.717, 1.165) is 66.8 Å². The van der Waals surface area contributed by atoms with Gasteiger partial charge in [0.15, 0.2) is 6.04 Å². The summed E-state index contributed by atoms with van der Waals surface area (Å²) in [6, 6.07) is 1.83. The van der Waals surface area contributed by atoms with Gasteiger partial charge in [-0.15, -0.1) is 0 Å². The zero-order chi connectivity index (χ0) is 29.0. The van der Waals surface area contributed by atoms with Crippen molar-refractivity contribution in [1.29, 1.82) is 0 Å². The van der Waals surface area contributed by atoms with E-state index in [9.17, 15) is 14.4 Å². The highest BCUT2D eigenvalue weighted by Gasteiger charge is 2.46. The van der Waals surface area contributed by atoms with E-state index in [4.69, 9.17) is 11.8 Å². The Morgan fingerprint density at radius 3 is 0.842 bits per heavy atom. The summed E-state index contributed by atoms with van der Waals surface area (Å²) in [6.45, 7) is 23.1. The van der Waals surface area contributed by atoms with Crippen LogP contribution in [0.15, 0.2) is 18.2 Å². The van der Waals surface area contributed by atoms with Crippen molar-refractivity contribution in [2.24, 2.45) is 0 Å². The van der Waals surface area contributed by atoms with Crippen molar-refractivity contribution in [2.75, 3.05) is 0 Å². The molecule has 0 spiro atoms. The predicted octanol–water partition coefficient (Wildman–Crippen LogP) is 8.69. The monoisotopic (exact) mass is 546 g/mol. The molecule has 0 N–H and O–H groups in total. The van der Waals surface area contributed by atoms with Crippen molar-refractivity contribution in [3.63, 3.8) is 0 Å². The Bertz CT molecular complexity index is 1420. The molecule has 0 aromatic heterocycles. The Morgan fingerprint density at radius 1 is 0.421 bits per heavy atom. The van der Waals surface area contributed by atoms with Crippen LogP contribution in [0.4, 0.5) is 0 Å². The van der Waals surface area contributed by atoms with Crippen LogP contribution in [0.5, 0.6) is 0 Å². The van der Waals surface area contributed by atoms with Crippen LogP contribution in [-0.4, -0.2) is 16.6 Å². The van der Waals surface area contributed by atoms with Gasteiger partial charge in [0.25, 0.3) is 0 Å². The SMILES string of the molecule is Cc1cc(C)c(C(=O)P(=S)(C(=O)c2c(C)cc(C)c(C)c2C)C(=O)c2c(C)cc(C)c(C)c2C)c(C)c1C. The predicted molar refractivity (Wildman–Crippen MR) is 163 cm³/mol. The number of rotatable bonds is 6. The summed E-state index contributed by atoms with van der Waals surface area (Å²) in [5, 5.41) is 0. The van der Waals surface area contributed by atoms with E-state index in [1.165, 1.54) is 0 Å². The molecule has 0 saturated carbocycles. The summed E-state index contributed by atoms with van der Waals surface area (Å²) < 4.78 is 0. The van der Waals surface area contributed by atoms with Crippen LogP contribution in [0.25, 0.3) is 0 Å². The average molecular weight is 547 g/mol. The molecular formula is C33H39O3PS. The minimum atomic E-state index is -4.01. The lowest BCUT2D eigenvalue weighted by Crippen LogP contribution is -2.23. The van der Waals surface area contributed by atoms with Crippen LogP contribution in [0.3, 0.4) is 0 Å². The van der Waals surface area contributed by atoms with Crippen molar-refractivity contribution in [1.82, 2.24) is 0 Å². The second-order valence-electron chi connectivity index (χ2n) is 10.9. The van der Waals surface area contributed by atoms with Gasteiger partial charge < -0.3 is 0 Å². The van der Waals surface area contributed by atoms with Crippen molar-refractivity contribution in [3.05, 3.63) is 102 Å². The lowest BCUT2D eigenvalue weighted by atomic mass is 9.95. The highest BCUT2D eigenvalue weighted by atomic mass is 32.4. The molecule has 0 amide bonds. The maximum atomic E-state index is 14.7. The summed E-state index contributed by atoms with van der Waals surface area (Å²) in [4.78, 5) is 44.0. The third kappa shape index (κ3) is 4.56. The molecule has 0 saturated heterocycles. The molecule has 200 valence electrons. The Hall–Kier alpha value is -2.68. The molecule has 38 heavy (non-hydrogen) atoms. The van der Waals surface area contributed by atoms with E-state index in [0.29, 0.717) is 16.7 Å². The molecule has 0 bridgehead atoms. The largest absolute Gasteiger partial charge is 0.287 e. The molecule has 0 aliphatic heterocycles. The first kappa shape index (κ1) is 29.9.